The lowest BCUT2D eigenvalue weighted by Crippen LogP contribution is -2.26. The Hall–Kier alpha value is -0.100. The van der Waals surface area contributed by atoms with Crippen LogP contribution >= 0.6 is 22.9 Å². The van der Waals surface area contributed by atoms with Crippen LogP contribution in [0.1, 0.15) is 18.9 Å². The quantitative estimate of drug-likeness (QED) is 0.769. The van der Waals surface area contributed by atoms with Gasteiger partial charge in [0, 0.05) is 19.5 Å². The van der Waals surface area contributed by atoms with Crippen molar-refractivity contribution >= 4 is 33.0 Å². The van der Waals surface area contributed by atoms with Gasteiger partial charge >= 0.3 is 0 Å². The minimum atomic E-state index is -3.30. The second-order valence-corrected chi connectivity index (χ2v) is 6.68. The van der Waals surface area contributed by atoms with E-state index in [1.54, 1.807) is 18.5 Å². The topological polar surface area (TPSA) is 37.4 Å². The number of rotatable bonds is 5. The van der Waals surface area contributed by atoms with Crippen LogP contribution in [0.5, 0.6) is 0 Å². The van der Waals surface area contributed by atoms with Crippen molar-refractivity contribution in [2.45, 2.75) is 23.4 Å². The van der Waals surface area contributed by atoms with E-state index in [0.717, 1.165) is 12.0 Å². The van der Waals surface area contributed by atoms with Crippen molar-refractivity contribution < 1.29 is 8.42 Å². The van der Waals surface area contributed by atoms with Gasteiger partial charge in [0.15, 0.2) is 0 Å². The summed E-state index contributed by atoms with van der Waals surface area (Å²) < 4.78 is 25.6. The molecule has 0 amide bonds. The van der Waals surface area contributed by atoms with Crippen LogP contribution < -0.4 is 0 Å². The summed E-state index contributed by atoms with van der Waals surface area (Å²) in [5.74, 6) is 0.351. The standard InChI is InChI=1S/C9H14ClNO2S2/c1-3-4-11(2)15(12,13)9-5-8(6-10)7-14-9/h5,7H,3-4,6H2,1-2H3. The lowest BCUT2D eigenvalue weighted by atomic mass is 10.4. The van der Waals surface area contributed by atoms with Crippen molar-refractivity contribution in [1.29, 1.82) is 0 Å². The maximum atomic E-state index is 11.9. The number of sulfonamides is 1. The third-order valence-corrected chi connectivity index (χ3v) is 5.62. The van der Waals surface area contributed by atoms with Crippen molar-refractivity contribution in [2.75, 3.05) is 13.6 Å². The molecule has 15 heavy (non-hydrogen) atoms. The third-order valence-electron chi connectivity index (χ3n) is 1.99. The molecule has 0 spiro atoms. The molecular formula is C9H14ClNO2S2. The highest BCUT2D eigenvalue weighted by Crippen LogP contribution is 2.24. The summed E-state index contributed by atoms with van der Waals surface area (Å²) in [7, 11) is -1.70. The van der Waals surface area contributed by atoms with E-state index >= 15 is 0 Å². The van der Waals surface area contributed by atoms with E-state index in [2.05, 4.69) is 0 Å². The van der Waals surface area contributed by atoms with Crippen molar-refractivity contribution in [3.05, 3.63) is 17.0 Å². The summed E-state index contributed by atoms with van der Waals surface area (Å²) in [5, 5.41) is 1.78. The lowest BCUT2D eigenvalue weighted by molar-refractivity contribution is 0.470. The van der Waals surface area contributed by atoms with Gasteiger partial charge in [0.05, 0.1) is 0 Å². The molecule has 1 rings (SSSR count). The molecule has 0 unspecified atom stereocenters. The molecule has 0 aliphatic heterocycles. The van der Waals surface area contributed by atoms with E-state index in [-0.39, 0.29) is 0 Å². The van der Waals surface area contributed by atoms with E-state index in [1.165, 1.54) is 15.6 Å². The molecule has 0 aliphatic carbocycles. The van der Waals surface area contributed by atoms with Gasteiger partial charge in [-0.25, -0.2) is 12.7 Å². The zero-order valence-corrected chi connectivity index (χ0v) is 11.1. The maximum absolute atomic E-state index is 11.9. The molecule has 3 nitrogen and oxygen atoms in total. The summed E-state index contributed by atoms with van der Waals surface area (Å²) in [6, 6.07) is 1.64. The van der Waals surface area contributed by atoms with Crippen LogP contribution in [0.2, 0.25) is 0 Å². The Labute approximate surface area is 99.7 Å². The minimum absolute atomic E-state index is 0.351. The molecule has 0 saturated heterocycles. The van der Waals surface area contributed by atoms with E-state index in [1.807, 2.05) is 6.92 Å². The predicted octanol–water partition coefficient (Wildman–Crippen LogP) is 2.52. The summed E-state index contributed by atoms with van der Waals surface area (Å²) in [6.07, 6.45) is 0.809. The summed E-state index contributed by atoms with van der Waals surface area (Å²) in [6.45, 7) is 2.49. The number of hydrogen-bond acceptors (Lipinski definition) is 3. The molecule has 0 saturated carbocycles. The van der Waals surface area contributed by atoms with E-state index < -0.39 is 10.0 Å². The first kappa shape index (κ1) is 13.0. The van der Waals surface area contributed by atoms with Gasteiger partial charge in [0.25, 0.3) is 10.0 Å². The molecular weight excluding hydrogens is 254 g/mol. The molecule has 1 aromatic rings. The summed E-state index contributed by atoms with van der Waals surface area (Å²) >= 11 is 6.85. The molecule has 1 aromatic heterocycles. The van der Waals surface area contributed by atoms with Crippen molar-refractivity contribution in [3.8, 4) is 0 Å². The number of nitrogens with zero attached hydrogens (tertiary/aromatic N) is 1. The molecule has 0 bridgehead atoms. The molecule has 0 N–H and O–H groups in total. The molecule has 0 atom stereocenters. The van der Waals surface area contributed by atoms with E-state index in [0.29, 0.717) is 16.6 Å². The van der Waals surface area contributed by atoms with E-state index in [9.17, 15) is 8.42 Å². The first-order valence-electron chi connectivity index (χ1n) is 4.62. The van der Waals surface area contributed by atoms with Gasteiger partial charge in [-0.15, -0.1) is 22.9 Å². The Bertz CT molecular complexity index is 414. The largest absolute Gasteiger partial charge is 0.252 e. The van der Waals surface area contributed by atoms with Gasteiger partial charge in [0.1, 0.15) is 4.21 Å². The number of hydrogen-bond donors (Lipinski definition) is 0. The van der Waals surface area contributed by atoms with Crippen molar-refractivity contribution in [2.24, 2.45) is 0 Å². The van der Waals surface area contributed by atoms with Crippen LogP contribution in [-0.4, -0.2) is 26.3 Å². The lowest BCUT2D eigenvalue weighted by Gasteiger charge is -2.14. The third kappa shape index (κ3) is 2.93. The Kier molecular flexibility index (Phi) is 4.58. The Morgan fingerprint density at radius 2 is 2.20 bits per heavy atom. The second kappa shape index (κ2) is 5.30. The first-order chi connectivity index (χ1) is 7.02. The highest BCUT2D eigenvalue weighted by atomic mass is 35.5. The molecule has 6 heteroatoms. The van der Waals surface area contributed by atoms with Gasteiger partial charge in [-0.1, -0.05) is 6.92 Å². The number of alkyl halides is 1. The van der Waals surface area contributed by atoms with Crippen LogP contribution in [0.4, 0.5) is 0 Å². The van der Waals surface area contributed by atoms with Gasteiger partial charge in [-0.05, 0) is 23.4 Å². The average molecular weight is 268 g/mol. The molecule has 86 valence electrons. The Morgan fingerprint density at radius 3 is 2.67 bits per heavy atom. The summed E-state index contributed by atoms with van der Waals surface area (Å²) in [4.78, 5) is 0. The highest BCUT2D eigenvalue weighted by molar-refractivity contribution is 7.91. The van der Waals surface area contributed by atoms with E-state index in [4.69, 9.17) is 11.6 Å². The molecule has 0 aliphatic rings. The minimum Gasteiger partial charge on any atom is -0.206 e. The predicted molar refractivity (Wildman–Crippen MR) is 64.0 cm³/mol. The number of thiophene rings is 1. The fourth-order valence-electron chi connectivity index (χ4n) is 1.15. The Morgan fingerprint density at radius 1 is 1.53 bits per heavy atom. The highest BCUT2D eigenvalue weighted by Gasteiger charge is 2.21. The zero-order chi connectivity index (χ0) is 11.5. The molecule has 0 radical (unpaired) electrons. The average Bonchev–Trinajstić information content (AvgIpc) is 2.66. The van der Waals surface area contributed by atoms with Crippen molar-refractivity contribution in [1.82, 2.24) is 4.31 Å². The molecule has 1 heterocycles. The monoisotopic (exact) mass is 267 g/mol. The smallest absolute Gasteiger partial charge is 0.206 e. The Balaban J connectivity index is 2.95. The van der Waals surface area contributed by atoms with Crippen LogP contribution in [0.15, 0.2) is 15.7 Å². The van der Waals surface area contributed by atoms with Gasteiger partial charge < -0.3 is 0 Å². The van der Waals surface area contributed by atoms with Gasteiger partial charge in [0.2, 0.25) is 0 Å². The van der Waals surface area contributed by atoms with Crippen LogP contribution in [-0.2, 0) is 15.9 Å². The first-order valence-corrected chi connectivity index (χ1v) is 7.47. The normalized spacial score (nSPS) is 12.3. The SMILES string of the molecule is CCCN(C)S(=O)(=O)c1cc(CCl)cs1. The van der Waals surface area contributed by atoms with Gasteiger partial charge in [-0.3, -0.25) is 0 Å². The molecule has 0 fully saturated rings. The van der Waals surface area contributed by atoms with Crippen LogP contribution in [0.3, 0.4) is 0 Å². The van der Waals surface area contributed by atoms with Crippen molar-refractivity contribution in [3.63, 3.8) is 0 Å². The number of halogens is 1. The molecule has 0 aromatic carbocycles. The summed E-state index contributed by atoms with van der Waals surface area (Å²) in [5.41, 5.74) is 0.852. The second-order valence-electron chi connectivity index (χ2n) is 3.23. The van der Waals surface area contributed by atoms with Gasteiger partial charge in [-0.2, -0.15) is 0 Å². The van der Waals surface area contributed by atoms with Crippen LogP contribution in [0, 0.1) is 0 Å². The fourth-order valence-corrected chi connectivity index (χ4v) is 4.07. The fraction of sp³-hybridized carbons (Fsp3) is 0.556. The van der Waals surface area contributed by atoms with Crippen LogP contribution in [0.25, 0.3) is 0 Å². The zero-order valence-electron chi connectivity index (χ0n) is 8.73. The maximum Gasteiger partial charge on any atom is 0.252 e.